The van der Waals surface area contributed by atoms with Crippen molar-refractivity contribution in [2.45, 2.75) is 20.4 Å². The first-order valence-electron chi connectivity index (χ1n) is 9.59. The molecule has 3 rings (SSSR count). The molecule has 0 N–H and O–H groups in total. The number of carbonyl (C=O) groups is 3. The number of rotatable bonds is 7. The lowest BCUT2D eigenvalue weighted by Crippen LogP contribution is -2.35. The summed E-state index contributed by atoms with van der Waals surface area (Å²) in [6, 6.07) is 10.1. The lowest BCUT2D eigenvalue weighted by atomic mass is 10.0. The third kappa shape index (κ3) is 4.41. The Morgan fingerprint density at radius 2 is 1.84 bits per heavy atom. The third-order valence-electron chi connectivity index (χ3n) is 5.24. The van der Waals surface area contributed by atoms with Crippen LogP contribution in [0.4, 0.5) is 0 Å². The highest BCUT2D eigenvalue weighted by atomic mass is 35.5. The lowest BCUT2D eigenvalue weighted by Gasteiger charge is -2.22. The molecule has 0 spiro atoms. The molecule has 162 valence electrons. The van der Waals surface area contributed by atoms with Crippen molar-refractivity contribution in [1.82, 2.24) is 9.47 Å². The fourth-order valence-electron chi connectivity index (χ4n) is 3.62. The van der Waals surface area contributed by atoms with E-state index < -0.39 is 11.9 Å². The van der Waals surface area contributed by atoms with Gasteiger partial charge in [0.2, 0.25) is 0 Å². The summed E-state index contributed by atoms with van der Waals surface area (Å²) in [7, 11) is 2.99. The van der Waals surface area contributed by atoms with E-state index in [-0.39, 0.29) is 18.9 Å². The molecule has 0 unspecified atom stereocenters. The number of hydrogen-bond acceptors (Lipinski definition) is 5. The van der Waals surface area contributed by atoms with Gasteiger partial charge in [0.05, 0.1) is 37.0 Å². The lowest BCUT2D eigenvalue weighted by molar-refractivity contribution is 0.0588. The number of esters is 1. The van der Waals surface area contributed by atoms with Crippen LogP contribution in [0, 0.1) is 13.8 Å². The van der Waals surface area contributed by atoms with Crippen molar-refractivity contribution in [2.24, 2.45) is 7.05 Å². The number of benzene rings is 1. The molecule has 0 atom stereocenters. The normalized spacial score (nSPS) is 10.7. The topological polar surface area (TPSA) is 81.8 Å². The Labute approximate surface area is 185 Å². The number of halogens is 1. The van der Waals surface area contributed by atoms with Gasteiger partial charge in [-0.05, 0) is 43.7 Å². The maximum Gasteiger partial charge on any atom is 0.354 e. The van der Waals surface area contributed by atoms with Crippen molar-refractivity contribution in [3.8, 4) is 0 Å². The minimum atomic E-state index is -0.526. The van der Waals surface area contributed by atoms with Gasteiger partial charge >= 0.3 is 5.97 Å². The van der Waals surface area contributed by atoms with E-state index in [0.29, 0.717) is 38.9 Å². The van der Waals surface area contributed by atoms with Crippen LogP contribution in [-0.2, 0) is 18.3 Å². The van der Waals surface area contributed by atoms with Crippen LogP contribution in [0.1, 0.15) is 48.2 Å². The third-order valence-corrected chi connectivity index (χ3v) is 5.57. The van der Waals surface area contributed by atoms with Crippen LogP contribution < -0.4 is 0 Å². The van der Waals surface area contributed by atoms with Gasteiger partial charge in [-0.2, -0.15) is 0 Å². The van der Waals surface area contributed by atoms with Crippen LogP contribution in [-0.4, -0.2) is 40.8 Å². The second kappa shape index (κ2) is 9.22. The first-order chi connectivity index (χ1) is 14.8. The van der Waals surface area contributed by atoms with Crippen molar-refractivity contribution in [3.05, 3.63) is 81.5 Å². The van der Waals surface area contributed by atoms with Crippen LogP contribution >= 0.6 is 11.6 Å². The molecule has 0 radical (unpaired) electrons. The molecule has 0 aliphatic rings. The van der Waals surface area contributed by atoms with Crippen molar-refractivity contribution < 1.29 is 23.5 Å². The van der Waals surface area contributed by atoms with Crippen LogP contribution in [0.15, 0.2) is 47.1 Å². The van der Waals surface area contributed by atoms with E-state index in [0.717, 1.165) is 0 Å². The number of amides is 1. The summed E-state index contributed by atoms with van der Waals surface area (Å²) >= 11 is 6.21. The van der Waals surface area contributed by atoms with E-state index in [4.69, 9.17) is 20.8 Å². The van der Waals surface area contributed by atoms with Gasteiger partial charge in [-0.25, -0.2) is 4.79 Å². The van der Waals surface area contributed by atoms with E-state index in [1.54, 1.807) is 61.9 Å². The van der Waals surface area contributed by atoms with E-state index >= 15 is 0 Å². The van der Waals surface area contributed by atoms with Gasteiger partial charge in [0.1, 0.15) is 11.5 Å². The minimum Gasteiger partial charge on any atom is -0.467 e. The van der Waals surface area contributed by atoms with Gasteiger partial charge in [0.25, 0.3) is 5.91 Å². The monoisotopic (exact) mass is 442 g/mol. The zero-order valence-corrected chi connectivity index (χ0v) is 18.5. The Balaban J connectivity index is 1.97. The SMILES string of the molecule is COC(=O)c1c(C)c(C(=O)CN(Cc2ccco2)C(=O)c2ccccc2Cl)c(C)n1C. The first kappa shape index (κ1) is 22.4. The van der Waals surface area contributed by atoms with Gasteiger partial charge in [-0.15, -0.1) is 0 Å². The summed E-state index contributed by atoms with van der Waals surface area (Å²) in [5.41, 5.74) is 2.11. The summed E-state index contributed by atoms with van der Waals surface area (Å²) < 4.78 is 11.9. The molecule has 1 amide bonds. The zero-order valence-electron chi connectivity index (χ0n) is 17.8. The summed E-state index contributed by atoms with van der Waals surface area (Å²) in [6.45, 7) is 3.33. The quantitative estimate of drug-likeness (QED) is 0.404. The van der Waals surface area contributed by atoms with Gasteiger partial charge < -0.3 is 18.6 Å². The average molecular weight is 443 g/mol. The number of aromatic nitrogens is 1. The average Bonchev–Trinajstić information content (AvgIpc) is 3.33. The van der Waals surface area contributed by atoms with Gasteiger partial charge in [-0.1, -0.05) is 23.7 Å². The van der Waals surface area contributed by atoms with Crippen molar-refractivity contribution in [2.75, 3.05) is 13.7 Å². The smallest absolute Gasteiger partial charge is 0.354 e. The molecular formula is C23H23ClN2O5. The Morgan fingerprint density at radius 1 is 1.13 bits per heavy atom. The molecule has 2 heterocycles. The minimum absolute atomic E-state index is 0.0948. The number of methoxy groups -OCH3 is 1. The number of carbonyl (C=O) groups excluding carboxylic acids is 3. The summed E-state index contributed by atoms with van der Waals surface area (Å²) in [5.74, 6) is -0.686. The number of hydrogen-bond donors (Lipinski definition) is 0. The number of ketones is 1. The summed E-state index contributed by atoms with van der Waals surface area (Å²) in [4.78, 5) is 40.1. The maximum absolute atomic E-state index is 13.3. The molecule has 8 heteroatoms. The van der Waals surface area contributed by atoms with E-state index in [1.165, 1.54) is 18.3 Å². The molecule has 1 aromatic carbocycles. The Bertz CT molecular complexity index is 1130. The van der Waals surface area contributed by atoms with Gasteiger partial charge in [-0.3, -0.25) is 9.59 Å². The highest BCUT2D eigenvalue weighted by molar-refractivity contribution is 6.33. The molecule has 0 saturated carbocycles. The Morgan fingerprint density at radius 3 is 2.45 bits per heavy atom. The highest BCUT2D eigenvalue weighted by Crippen LogP contribution is 2.24. The van der Waals surface area contributed by atoms with E-state index in [9.17, 15) is 14.4 Å². The maximum atomic E-state index is 13.3. The molecule has 0 fully saturated rings. The molecular weight excluding hydrogens is 420 g/mol. The number of Topliss-reactive ketones (excluding diaryl/α,β-unsaturated/α-hetero) is 1. The molecule has 0 bridgehead atoms. The zero-order chi connectivity index (χ0) is 22.7. The molecule has 2 aromatic heterocycles. The van der Waals surface area contributed by atoms with Crippen molar-refractivity contribution in [1.29, 1.82) is 0 Å². The predicted molar refractivity (Wildman–Crippen MR) is 115 cm³/mol. The van der Waals surface area contributed by atoms with Crippen LogP contribution in [0.25, 0.3) is 0 Å². The summed E-state index contributed by atoms with van der Waals surface area (Å²) in [6.07, 6.45) is 1.50. The number of furan rings is 1. The Hall–Kier alpha value is -3.32. The first-order valence-corrected chi connectivity index (χ1v) is 9.97. The molecule has 0 aliphatic carbocycles. The van der Waals surface area contributed by atoms with E-state index in [2.05, 4.69) is 0 Å². The van der Waals surface area contributed by atoms with Gasteiger partial charge in [0.15, 0.2) is 5.78 Å². The van der Waals surface area contributed by atoms with Crippen molar-refractivity contribution in [3.63, 3.8) is 0 Å². The fraction of sp³-hybridized carbons (Fsp3) is 0.261. The second-order valence-corrected chi connectivity index (χ2v) is 7.54. The van der Waals surface area contributed by atoms with Crippen molar-refractivity contribution >= 4 is 29.3 Å². The standard InChI is InChI=1S/C23H23ClN2O5/c1-14-20(15(2)25(3)21(14)23(29)30-4)19(27)13-26(12-16-8-7-11-31-16)22(28)17-9-5-6-10-18(17)24/h5-11H,12-13H2,1-4H3. The molecule has 7 nitrogen and oxygen atoms in total. The number of ether oxygens (including phenoxy) is 1. The molecule has 31 heavy (non-hydrogen) atoms. The largest absolute Gasteiger partial charge is 0.467 e. The molecule has 3 aromatic rings. The molecule has 0 aliphatic heterocycles. The number of nitrogens with zero attached hydrogens (tertiary/aromatic N) is 2. The predicted octanol–water partition coefficient (Wildman–Crippen LogP) is 4.20. The Kier molecular flexibility index (Phi) is 6.65. The summed E-state index contributed by atoms with van der Waals surface area (Å²) in [5, 5.41) is 0.296. The van der Waals surface area contributed by atoms with Crippen LogP contribution in [0.5, 0.6) is 0 Å². The van der Waals surface area contributed by atoms with Crippen LogP contribution in [0.2, 0.25) is 5.02 Å². The fourth-order valence-corrected chi connectivity index (χ4v) is 3.84. The van der Waals surface area contributed by atoms with Crippen LogP contribution in [0.3, 0.4) is 0 Å². The molecule has 0 saturated heterocycles. The van der Waals surface area contributed by atoms with Gasteiger partial charge in [0, 0.05) is 18.3 Å². The second-order valence-electron chi connectivity index (χ2n) is 7.13. The highest BCUT2D eigenvalue weighted by Gasteiger charge is 2.28. The van der Waals surface area contributed by atoms with E-state index in [1.807, 2.05) is 0 Å².